The van der Waals surface area contributed by atoms with Gasteiger partial charge in [0.2, 0.25) is 0 Å². The number of hydrogen-bond donors (Lipinski definition) is 4. The molecule has 4 atom stereocenters. The third-order valence-corrected chi connectivity index (χ3v) is 6.37. The van der Waals surface area contributed by atoms with Gasteiger partial charge in [-0.05, 0) is 0 Å². The van der Waals surface area contributed by atoms with Crippen molar-refractivity contribution in [2.75, 3.05) is 0 Å². The van der Waals surface area contributed by atoms with Gasteiger partial charge in [0, 0.05) is 0 Å². The topological polar surface area (TPSA) is 80.9 Å². The summed E-state index contributed by atoms with van der Waals surface area (Å²) in [5.74, 6) is 0. The molecule has 0 aromatic rings. The van der Waals surface area contributed by atoms with E-state index in [1.165, 1.54) is 0 Å². The molecule has 0 saturated carbocycles. The fourth-order valence-electron chi connectivity index (χ4n) is 0.987. The molecule has 0 aliphatic carbocycles. The number of aliphatic hydroxyl groups excluding tert-OH is 4. The van der Waals surface area contributed by atoms with Crippen molar-refractivity contribution >= 4 is 22.9 Å². The Bertz CT molecular complexity index is 106. The summed E-state index contributed by atoms with van der Waals surface area (Å²) >= 11 is -1.22. The summed E-state index contributed by atoms with van der Waals surface area (Å²) in [5, 5.41) is 36.0. The van der Waals surface area contributed by atoms with Crippen molar-refractivity contribution in [1.82, 2.24) is 0 Å². The summed E-state index contributed by atoms with van der Waals surface area (Å²) in [6.45, 7) is 0. The Morgan fingerprint density at radius 2 is 1.60 bits per heavy atom. The first kappa shape index (κ1) is 8.80. The minimum absolute atomic E-state index is 0.537. The molecule has 1 radical (unpaired) electrons. The molecule has 1 saturated heterocycles. The zero-order valence-corrected chi connectivity index (χ0v) is 8.68. The van der Waals surface area contributed by atoms with Gasteiger partial charge in [-0.15, -0.1) is 0 Å². The van der Waals surface area contributed by atoms with Gasteiger partial charge in [-0.1, -0.05) is 0 Å². The van der Waals surface area contributed by atoms with Crippen molar-refractivity contribution in [2.24, 2.45) is 0 Å². The van der Waals surface area contributed by atoms with Crippen LogP contribution < -0.4 is 0 Å². The molecule has 0 amide bonds. The molecule has 1 heterocycles. The van der Waals surface area contributed by atoms with E-state index in [1.807, 2.05) is 0 Å². The Balaban J connectivity index is 2.52. The van der Waals surface area contributed by atoms with E-state index in [0.717, 1.165) is 0 Å². The molecule has 0 aromatic heterocycles. The van der Waals surface area contributed by atoms with Gasteiger partial charge in [0.1, 0.15) is 0 Å². The summed E-state index contributed by atoms with van der Waals surface area (Å²) in [4.78, 5) is 0. The fourth-order valence-corrected chi connectivity index (χ4v) is 4.82. The van der Waals surface area contributed by atoms with Gasteiger partial charge in [0.05, 0.1) is 0 Å². The summed E-state index contributed by atoms with van der Waals surface area (Å²) in [6.07, 6.45) is -3.06. The summed E-state index contributed by atoms with van der Waals surface area (Å²) in [6, 6.07) is 0. The summed E-state index contributed by atoms with van der Waals surface area (Å²) in [7, 11) is 0. The Morgan fingerprint density at radius 1 is 1.00 bits per heavy atom. The van der Waals surface area contributed by atoms with E-state index >= 15 is 0 Å². The Hall–Kier alpha value is 0.710. The van der Waals surface area contributed by atoms with E-state index < -0.39 is 45.1 Å². The van der Waals surface area contributed by atoms with Crippen molar-refractivity contribution < 1.29 is 20.4 Å². The van der Waals surface area contributed by atoms with E-state index in [2.05, 4.69) is 0 Å². The Kier molecular flexibility index (Phi) is 3.00. The fraction of sp³-hybridized carbons (Fsp3) is 1.00. The molecule has 57 valence electrons. The average molecular weight is 249 g/mol. The molecule has 0 spiro atoms. The van der Waals surface area contributed by atoms with Crippen LogP contribution in [-0.2, 0) is 0 Å². The van der Waals surface area contributed by atoms with Crippen molar-refractivity contribution in [2.45, 2.75) is 26.3 Å². The number of rotatable bonds is 0. The van der Waals surface area contributed by atoms with Crippen LogP contribution in [0.25, 0.3) is 0 Å². The first-order valence-electron chi connectivity index (χ1n) is 3.18. The predicted octanol–water partition coefficient (Wildman–Crippen LogP) is -2.48. The molecule has 1 unspecified atom stereocenters. The van der Waals surface area contributed by atoms with Crippen molar-refractivity contribution in [1.29, 1.82) is 0 Å². The van der Waals surface area contributed by atoms with Gasteiger partial charge >= 0.3 is 69.7 Å². The van der Waals surface area contributed by atoms with Gasteiger partial charge < -0.3 is 0 Å². The molecular formula is C5H10InO4. The molecule has 5 heteroatoms. The van der Waals surface area contributed by atoms with Crippen molar-refractivity contribution in [3.63, 3.8) is 0 Å². The first-order valence-corrected chi connectivity index (χ1v) is 7.42. The first-order chi connectivity index (χ1) is 4.63. The third-order valence-electron chi connectivity index (χ3n) is 1.71. The minimum atomic E-state index is -1.22. The SMILES string of the molecule is O[CH]1[In][CH2][C@@H](O)[C@H](O)[C@H]1O. The van der Waals surface area contributed by atoms with Crippen molar-refractivity contribution in [3.05, 3.63) is 0 Å². The van der Waals surface area contributed by atoms with Crippen LogP contribution in [0.5, 0.6) is 0 Å². The second kappa shape index (κ2) is 3.40. The summed E-state index contributed by atoms with van der Waals surface area (Å²) in [5.41, 5.74) is 0. The van der Waals surface area contributed by atoms with E-state index in [9.17, 15) is 0 Å². The summed E-state index contributed by atoms with van der Waals surface area (Å²) < 4.78 is -0.164. The van der Waals surface area contributed by atoms with E-state index in [0.29, 0.717) is 4.18 Å². The van der Waals surface area contributed by atoms with Gasteiger partial charge in [-0.25, -0.2) is 0 Å². The standard InChI is InChI=1S/C5H10O4.In/c1-3(7)5(9)4(8)2-6;/h2-9H,1H2;/t3-,4+,5+;/m1./s1. The normalized spacial score (nSPS) is 48.4. The molecule has 4 nitrogen and oxygen atoms in total. The molecule has 10 heavy (non-hydrogen) atoms. The quantitative estimate of drug-likeness (QED) is 0.383. The second-order valence-electron chi connectivity index (χ2n) is 2.51. The molecule has 1 aliphatic heterocycles. The van der Waals surface area contributed by atoms with Gasteiger partial charge in [-0.2, -0.15) is 0 Å². The maximum absolute atomic E-state index is 9.03. The Morgan fingerprint density at radius 3 is 2.10 bits per heavy atom. The van der Waals surface area contributed by atoms with Crippen LogP contribution in [0.3, 0.4) is 0 Å². The van der Waals surface area contributed by atoms with Crippen LogP contribution in [0.2, 0.25) is 4.18 Å². The van der Waals surface area contributed by atoms with Crippen LogP contribution in [0, 0.1) is 0 Å². The van der Waals surface area contributed by atoms with E-state index in [1.54, 1.807) is 0 Å². The zero-order chi connectivity index (χ0) is 7.72. The van der Waals surface area contributed by atoms with Gasteiger partial charge in [-0.3, -0.25) is 0 Å². The maximum atomic E-state index is 9.03. The number of aliphatic hydroxyl groups is 4. The van der Waals surface area contributed by atoms with Crippen LogP contribution in [0.1, 0.15) is 0 Å². The van der Waals surface area contributed by atoms with Crippen molar-refractivity contribution in [3.8, 4) is 0 Å². The molecule has 1 fully saturated rings. The molecule has 1 rings (SSSR count). The van der Waals surface area contributed by atoms with Gasteiger partial charge in [0.15, 0.2) is 0 Å². The Labute approximate surface area is 69.9 Å². The molecular weight excluding hydrogens is 239 g/mol. The predicted molar refractivity (Wildman–Crippen MR) is 34.6 cm³/mol. The van der Waals surface area contributed by atoms with E-state index in [4.69, 9.17) is 20.4 Å². The average Bonchev–Trinajstić information content (AvgIpc) is 1.93. The van der Waals surface area contributed by atoms with Gasteiger partial charge in [0.25, 0.3) is 0 Å². The van der Waals surface area contributed by atoms with E-state index in [-0.39, 0.29) is 0 Å². The molecule has 1 aliphatic rings. The van der Waals surface area contributed by atoms with Crippen LogP contribution >= 0.6 is 0 Å². The van der Waals surface area contributed by atoms with Crippen LogP contribution in [0.15, 0.2) is 0 Å². The second-order valence-corrected chi connectivity index (χ2v) is 7.15. The number of hydrogen-bond acceptors (Lipinski definition) is 4. The molecule has 0 bridgehead atoms. The van der Waals surface area contributed by atoms with Crippen LogP contribution in [-0.4, -0.2) is 65.5 Å². The zero-order valence-electron chi connectivity index (χ0n) is 5.38. The van der Waals surface area contributed by atoms with Crippen LogP contribution in [0.4, 0.5) is 0 Å². The monoisotopic (exact) mass is 249 g/mol. The molecule has 4 N–H and O–H groups in total. The third kappa shape index (κ3) is 1.65. The molecule has 0 aromatic carbocycles.